The van der Waals surface area contributed by atoms with Gasteiger partial charge in [0.2, 0.25) is 0 Å². The van der Waals surface area contributed by atoms with Crippen LogP contribution in [0.4, 0.5) is 0 Å². The van der Waals surface area contributed by atoms with E-state index in [1.165, 1.54) is 11.1 Å². The predicted molar refractivity (Wildman–Crippen MR) is 78.1 cm³/mol. The van der Waals surface area contributed by atoms with Gasteiger partial charge in [-0.15, -0.1) is 0 Å². The third kappa shape index (κ3) is 1.57. The molecule has 112 valence electrons. The zero-order valence-electron chi connectivity index (χ0n) is 12.3. The summed E-state index contributed by atoms with van der Waals surface area (Å²) in [6.45, 7) is 0.728. The van der Waals surface area contributed by atoms with Crippen LogP contribution in [0.5, 0.6) is 5.75 Å². The molecule has 2 heterocycles. The average molecular weight is 287 g/mol. The van der Waals surface area contributed by atoms with Gasteiger partial charge in [0, 0.05) is 12.5 Å². The third-order valence-electron chi connectivity index (χ3n) is 5.71. The third-order valence-corrected chi connectivity index (χ3v) is 5.71. The second-order valence-corrected chi connectivity index (χ2v) is 6.48. The van der Waals surface area contributed by atoms with Crippen LogP contribution < -0.4 is 4.74 Å². The summed E-state index contributed by atoms with van der Waals surface area (Å²) in [6.07, 6.45) is 4.14. The van der Waals surface area contributed by atoms with E-state index >= 15 is 0 Å². The molecule has 1 aliphatic carbocycles. The van der Waals surface area contributed by atoms with Gasteiger partial charge in [0.25, 0.3) is 5.91 Å². The van der Waals surface area contributed by atoms with E-state index in [0.29, 0.717) is 0 Å². The average Bonchev–Trinajstić information content (AvgIpc) is 2.76. The van der Waals surface area contributed by atoms with Crippen LogP contribution in [0.15, 0.2) is 18.2 Å². The van der Waals surface area contributed by atoms with Crippen molar-refractivity contribution in [1.29, 1.82) is 0 Å². The summed E-state index contributed by atoms with van der Waals surface area (Å²) < 4.78 is 5.39. The monoisotopic (exact) mass is 287 g/mol. The largest absolute Gasteiger partial charge is 0.497 e. The van der Waals surface area contributed by atoms with Crippen molar-refractivity contribution in [2.45, 2.75) is 43.7 Å². The number of methoxy groups -OCH3 is 1. The highest BCUT2D eigenvalue weighted by molar-refractivity contribution is 5.86. The molecule has 1 saturated heterocycles. The van der Waals surface area contributed by atoms with Gasteiger partial charge in [-0.25, -0.2) is 0 Å². The molecule has 2 fully saturated rings. The fourth-order valence-corrected chi connectivity index (χ4v) is 4.79. The number of fused-ring (bicyclic) bond motifs is 1. The molecule has 1 saturated carbocycles. The number of carbonyl (C=O) groups excluding carboxylic acids is 1. The van der Waals surface area contributed by atoms with Crippen molar-refractivity contribution in [1.82, 2.24) is 4.90 Å². The molecule has 4 rings (SSSR count). The van der Waals surface area contributed by atoms with E-state index in [9.17, 15) is 9.90 Å². The van der Waals surface area contributed by atoms with Crippen molar-refractivity contribution < 1.29 is 14.6 Å². The highest BCUT2D eigenvalue weighted by Crippen LogP contribution is 2.55. The van der Waals surface area contributed by atoms with Gasteiger partial charge in [-0.2, -0.15) is 0 Å². The molecule has 3 aliphatic rings. The molecule has 1 N–H and O–H groups in total. The normalized spacial score (nSPS) is 34.2. The summed E-state index contributed by atoms with van der Waals surface area (Å²) in [5.41, 5.74) is 2.22. The molecule has 1 amide bonds. The topological polar surface area (TPSA) is 49.8 Å². The Bertz CT molecular complexity index is 600. The lowest BCUT2D eigenvalue weighted by atomic mass is 9.66. The fraction of sp³-hybridized carbons (Fsp3) is 0.588. The Kier molecular flexibility index (Phi) is 2.80. The molecule has 3 atom stereocenters. The predicted octanol–water partition coefficient (Wildman–Crippen LogP) is 1.84. The van der Waals surface area contributed by atoms with Crippen LogP contribution in [0.3, 0.4) is 0 Å². The SMILES string of the molecule is COc1ccc2c(c1)[C@]13CCCC[C@H]1[C@H](O)C(=O)N3CC2. The molecule has 2 aliphatic heterocycles. The first-order valence-electron chi connectivity index (χ1n) is 7.85. The van der Waals surface area contributed by atoms with Crippen LogP contribution in [-0.2, 0) is 16.8 Å². The molecule has 0 bridgehead atoms. The minimum atomic E-state index is -0.831. The van der Waals surface area contributed by atoms with Crippen molar-refractivity contribution in [3.05, 3.63) is 29.3 Å². The number of aliphatic hydroxyl groups is 1. The maximum atomic E-state index is 12.5. The first-order valence-corrected chi connectivity index (χ1v) is 7.85. The molecule has 1 aromatic carbocycles. The molecule has 1 spiro atoms. The van der Waals surface area contributed by atoms with E-state index in [4.69, 9.17) is 4.74 Å². The quantitative estimate of drug-likeness (QED) is 0.857. The lowest BCUT2D eigenvalue weighted by Gasteiger charge is -2.49. The summed E-state index contributed by atoms with van der Waals surface area (Å²) in [5.74, 6) is 0.795. The van der Waals surface area contributed by atoms with Crippen molar-refractivity contribution in [3.8, 4) is 5.75 Å². The summed E-state index contributed by atoms with van der Waals surface area (Å²) in [6, 6.07) is 6.21. The standard InChI is InChI=1S/C17H21NO3/c1-21-12-6-5-11-7-9-18-16(20)15(19)13-4-2-3-8-17(13,18)14(11)10-12/h5-6,10,13,15,19H,2-4,7-9H2,1H3/t13-,15-,17-/m0/s1. The number of ether oxygens (including phenoxy) is 1. The maximum Gasteiger partial charge on any atom is 0.252 e. The Morgan fingerprint density at radius 1 is 1.38 bits per heavy atom. The van der Waals surface area contributed by atoms with Crippen LogP contribution in [0.25, 0.3) is 0 Å². The number of nitrogens with zero attached hydrogens (tertiary/aromatic N) is 1. The van der Waals surface area contributed by atoms with Crippen molar-refractivity contribution in [2.75, 3.05) is 13.7 Å². The van der Waals surface area contributed by atoms with Crippen molar-refractivity contribution >= 4 is 5.91 Å². The van der Waals surface area contributed by atoms with Gasteiger partial charge in [0.15, 0.2) is 0 Å². The van der Waals surface area contributed by atoms with E-state index in [-0.39, 0.29) is 17.4 Å². The van der Waals surface area contributed by atoms with Crippen LogP contribution >= 0.6 is 0 Å². The second kappa shape index (κ2) is 4.47. The Labute approximate surface area is 124 Å². The van der Waals surface area contributed by atoms with E-state index in [1.807, 2.05) is 11.0 Å². The van der Waals surface area contributed by atoms with Crippen LogP contribution in [0, 0.1) is 5.92 Å². The summed E-state index contributed by atoms with van der Waals surface area (Å²) in [5, 5.41) is 10.4. The van der Waals surface area contributed by atoms with Gasteiger partial charge in [-0.1, -0.05) is 18.9 Å². The Hall–Kier alpha value is -1.55. The fourth-order valence-electron chi connectivity index (χ4n) is 4.79. The number of hydrogen-bond acceptors (Lipinski definition) is 3. The van der Waals surface area contributed by atoms with Gasteiger partial charge in [0.05, 0.1) is 12.6 Å². The smallest absolute Gasteiger partial charge is 0.252 e. The highest BCUT2D eigenvalue weighted by atomic mass is 16.5. The van der Waals surface area contributed by atoms with E-state index < -0.39 is 6.10 Å². The second-order valence-electron chi connectivity index (χ2n) is 6.48. The lowest BCUT2D eigenvalue weighted by Crippen LogP contribution is -2.52. The van der Waals surface area contributed by atoms with Gasteiger partial charge in [-0.05, 0) is 42.5 Å². The number of benzene rings is 1. The first kappa shape index (κ1) is 13.1. The first-order chi connectivity index (χ1) is 10.2. The van der Waals surface area contributed by atoms with E-state index in [2.05, 4.69) is 12.1 Å². The summed E-state index contributed by atoms with van der Waals surface area (Å²) >= 11 is 0. The maximum absolute atomic E-state index is 12.5. The minimum absolute atomic E-state index is 0.0323. The van der Waals surface area contributed by atoms with E-state index in [1.54, 1.807) is 7.11 Å². The van der Waals surface area contributed by atoms with Gasteiger partial charge in [0.1, 0.15) is 11.9 Å². The Balaban J connectivity index is 1.93. The molecule has 4 nitrogen and oxygen atoms in total. The molecular formula is C17H21NO3. The van der Waals surface area contributed by atoms with Crippen molar-refractivity contribution in [3.63, 3.8) is 0 Å². The summed E-state index contributed by atoms with van der Waals surface area (Å²) in [7, 11) is 1.67. The highest BCUT2D eigenvalue weighted by Gasteiger charge is 2.60. The van der Waals surface area contributed by atoms with Crippen molar-refractivity contribution in [2.24, 2.45) is 5.92 Å². The number of amides is 1. The van der Waals surface area contributed by atoms with Crippen LogP contribution in [0.2, 0.25) is 0 Å². The zero-order chi connectivity index (χ0) is 14.6. The van der Waals surface area contributed by atoms with Gasteiger partial charge < -0.3 is 14.7 Å². The summed E-state index contributed by atoms with van der Waals surface area (Å²) in [4.78, 5) is 14.5. The lowest BCUT2D eigenvalue weighted by molar-refractivity contribution is -0.137. The minimum Gasteiger partial charge on any atom is -0.497 e. The molecule has 21 heavy (non-hydrogen) atoms. The zero-order valence-corrected chi connectivity index (χ0v) is 12.3. The van der Waals surface area contributed by atoms with Gasteiger partial charge >= 0.3 is 0 Å². The Morgan fingerprint density at radius 2 is 2.24 bits per heavy atom. The Morgan fingerprint density at radius 3 is 3.05 bits per heavy atom. The number of rotatable bonds is 1. The molecule has 4 heteroatoms. The number of aliphatic hydroxyl groups excluding tert-OH is 1. The molecule has 0 aromatic heterocycles. The molecule has 0 radical (unpaired) electrons. The number of hydrogen-bond donors (Lipinski definition) is 1. The van der Waals surface area contributed by atoms with Gasteiger partial charge in [-0.3, -0.25) is 4.79 Å². The van der Waals surface area contributed by atoms with E-state index in [0.717, 1.165) is 44.4 Å². The molecule has 1 aromatic rings. The molecule has 0 unspecified atom stereocenters. The van der Waals surface area contributed by atoms with Crippen LogP contribution in [0.1, 0.15) is 36.8 Å². The number of carbonyl (C=O) groups is 1. The molecular weight excluding hydrogens is 266 g/mol. The van der Waals surface area contributed by atoms with Crippen LogP contribution in [-0.4, -0.2) is 35.7 Å².